The average molecular weight is 367 g/mol. The normalized spacial score (nSPS) is 9.96. The molecule has 8 heteroatoms. The van der Waals surface area contributed by atoms with Crippen molar-refractivity contribution in [2.75, 3.05) is 19.5 Å². The zero-order valence-electron chi connectivity index (χ0n) is 12.9. The molecule has 2 rings (SSSR count). The maximum Gasteiger partial charge on any atom is 0.261 e. The van der Waals surface area contributed by atoms with E-state index in [4.69, 9.17) is 33.3 Å². The van der Waals surface area contributed by atoms with Crippen LogP contribution < -0.4 is 20.1 Å². The van der Waals surface area contributed by atoms with Crippen LogP contribution in [0.4, 0.5) is 5.69 Å². The van der Waals surface area contributed by atoms with Crippen molar-refractivity contribution in [3.8, 4) is 17.2 Å². The van der Waals surface area contributed by atoms with Crippen LogP contribution in [0.2, 0.25) is 5.02 Å². The highest BCUT2D eigenvalue weighted by Gasteiger charge is 2.15. The molecule has 0 heterocycles. The van der Waals surface area contributed by atoms with Crippen LogP contribution in [0.1, 0.15) is 10.4 Å². The second kappa shape index (κ2) is 7.85. The third-order valence-electron chi connectivity index (χ3n) is 3.09. The van der Waals surface area contributed by atoms with E-state index in [1.807, 2.05) is 0 Å². The Labute approximate surface area is 149 Å². The molecule has 24 heavy (non-hydrogen) atoms. The van der Waals surface area contributed by atoms with Gasteiger partial charge in [-0.15, -0.1) is 0 Å². The number of carbonyl (C=O) groups is 1. The highest BCUT2D eigenvalue weighted by molar-refractivity contribution is 7.80. The summed E-state index contributed by atoms with van der Waals surface area (Å²) in [6, 6.07) is 9.27. The number of methoxy groups -OCH3 is 2. The van der Waals surface area contributed by atoms with Gasteiger partial charge in [-0.1, -0.05) is 11.6 Å². The lowest BCUT2D eigenvalue weighted by atomic mass is 10.2. The largest absolute Gasteiger partial charge is 0.506 e. The molecule has 0 unspecified atom stereocenters. The van der Waals surface area contributed by atoms with E-state index in [0.717, 1.165) is 0 Å². The summed E-state index contributed by atoms with van der Waals surface area (Å²) in [6.45, 7) is 0. The van der Waals surface area contributed by atoms with Crippen LogP contribution in [0.25, 0.3) is 0 Å². The average Bonchev–Trinajstić information content (AvgIpc) is 2.56. The van der Waals surface area contributed by atoms with Crippen LogP contribution in [-0.2, 0) is 0 Å². The number of phenolic OH excluding ortho intramolecular Hbond substituents is 1. The van der Waals surface area contributed by atoms with Gasteiger partial charge >= 0.3 is 0 Å². The van der Waals surface area contributed by atoms with Crippen molar-refractivity contribution in [1.82, 2.24) is 5.32 Å². The van der Waals surface area contributed by atoms with Gasteiger partial charge in [-0.05, 0) is 42.5 Å². The number of amides is 1. The molecule has 0 bridgehead atoms. The minimum Gasteiger partial charge on any atom is -0.506 e. The van der Waals surface area contributed by atoms with Crippen molar-refractivity contribution < 1.29 is 19.4 Å². The summed E-state index contributed by atoms with van der Waals surface area (Å²) in [5.41, 5.74) is 0.543. The molecule has 126 valence electrons. The van der Waals surface area contributed by atoms with Gasteiger partial charge in [0.2, 0.25) is 0 Å². The van der Waals surface area contributed by atoms with E-state index in [-0.39, 0.29) is 16.4 Å². The maximum absolute atomic E-state index is 12.3. The number of aromatic hydroxyl groups is 1. The van der Waals surface area contributed by atoms with E-state index in [1.165, 1.54) is 26.4 Å². The number of ether oxygens (including phenoxy) is 2. The summed E-state index contributed by atoms with van der Waals surface area (Å²) in [5, 5.41) is 15.5. The minimum absolute atomic E-state index is 0.00517. The van der Waals surface area contributed by atoms with Crippen molar-refractivity contribution in [1.29, 1.82) is 0 Å². The molecule has 0 aliphatic carbocycles. The third kappa shape index (κ3) is 4.27. The number of anilines is 1. The molecule has 0 spiro atoms. The molecule has 0 aromatic heterocycles. The van der Waals surface area contributed by atoms with Crippen molar-refractivity contribution >= 4 is 40.5 Å². The number of carbonyl (C=O) groups excluding carboxylic acids is 1. The first-order valence-corrected chi connectivity index (χ1v) is 7.56. The first-order chi connectivity index (χ1) is 11.4. The Morgan fingerprint density at radius 1 is 1.17 bits per heavy atom. The number of hydrogen-bond acceptors (Lipinski definition) is 5. The Morgan fingerprint density at radius 3 is 2.58 bits per heavy atom. The monoisotopic (exact) mass is 366 g/mol. The predicted octanol–water partition coefficient (Wildman–Crippen LogP) is 3.19. The number of thiocarbonyl (C=S) groups is 1. The summed E-state index contributed by atoms with van der Waals surface area (Å²) >= 11 is 11.0. The van der Waals surface area contributed by atoms with E-state index < -0.39 is 5.91 Å². The second-order valence-corrected chi connectivity index (χ2v) is 5.48. The molecule has 0 aliphatic heterocycles. The predicted molar refractivity (Wildman–Crippen MR) is 96.3 cm³/mol. The minimum atomic E-state index is -0.491. The van der Waals surface area contributed by atoms with Gasteiger partial charge in [0.15, 0.2) is 5.11 Å². The molecule has 0 saturated carbocycles. The van der Waals surface area contributed by atoms with Crippen molar-refractivity contribution in [3.05, 3.63) is 47.0 Å². The number of hydrogen-bond donors (Lipinski definition) is 3. The molecule has 0 aliphatic rings. The van der Waals surface area contributed by atoms with Crippen LogP contribution in [0.3, 0.4) is 0 Å². The maximum atomic E-state index is 12.3. The van der Waals surface area contributed by atoms with Gasteiger partial charge in [0, 0.05) is 11.1 Å². The van der Waals surface area contributed by atoms with Gasteiger partial charge in [-0.3, -0.25) is 10.1 Å². The topological polar surface area (TPSA) is 79.8 Å². The number of benzene rings is 2. The molecule has 2 aromatic carbocycles. The lowest BCUT2D eigenvalue weighted by molar-refractivity contribution is 0.0974. The van der Waals surface area contributed by atoms with E-state index in [1.54, 1.807) is 24.3 Å². The molecular weight excluding hydrogens is 352 g/mol. The molecule has 2 aromatic rings. The molecule has 6 nitrogen and oxygen atoms in total. The fourth-order valence-electron chi connectivity index (χ4n) is 1.92. The second-order valence-electron chi connectivity index (χ2n) is 4.64. The zero-order valence-corrected chi connectivity index (χ0v) is 14.5. The van der Waals surface area contributed by atoms with E-state index in [0.29, 0.717) is 22.2 Å². The number of nitrogens with one attached hydrogen (secondary N) is 2. The molecule has 0 saturated heterocycles. The van der Waals surface area contributed by atoms with Crippen LogP contribution in [0.5, 0.6) is 17.2 Å². The molecule has 3 N–H and O–H groups in total. The third-order valence-corrected chi connectivity index (χ3v) is 3.52. The van der Waals surface area contributed by atoms with Gasteiger partial charge < -0.3 is 19.9 Å². The Kier molecular flexibility index (Phi) is 5.83. The van der Waals surface area contributed by atoms with Gasteiger partial charge in [0.1, 0.15) is 17.2 Å². The standard InChI is InChI=1S/C16H15ClN2O4S/c1-22-10-4-5-13(20)12(8-10)18-16(24)19-15(21)11-7-9(17)3-6-14(11)23-2/h3-8,20H,1-2H3,(H2,18,19,21,24). The molecule has 1 amide bonds. The van der Waals surface area contributed by atoms with Crippen molar-refractivity contribution in [2.45, 2.75) is 0 Å². The highest BCUT2D eigenvalue weighted by atomic mass is 35.5. The summed E-state index contributed by atoms with van der Waals surface area (Å²) in [4.78, 5) is 12.3. The van der Waals surface area contributed by atoms with Gasteiger partial charge in [-0.2, -0.15) is 0 Å². The van der Waals surface area contributed by atoms with Gasteiger partial charge in [0.25, 0.3) is 5.91 Å². The van der Waals surface area contributed by atoms with Crippen LogP contribution in [-0.4, -0.2) is 30.3 Å². The van der Waals surface area contributed by atoms with Crippen molar-refractivity contribution in [3.63, 3.8) is 0 Å². The van der Waals surface area contributed by atoms with E-state index in [2.05, 4.69) is 10.6 Å². The summed E-state index contributed by atoms with van der Waals surface area (Å²) < 4.78 is 10.2. The van der Waals surface area contributed by atoms with Gasteiger partial charge in [-0.25, -0.2) is 0 Å². The van der Waals surface area contributed by atoms with Crippen LogP contribution in [0.15, 0.2) is 36.4 Å². The molecular formula is C16H15ClN2O4S. The Hall–Kier alpha value is -2.51. The highest BCUT2D eigenvalue weighted by Crippen LogP contribution is 2.28. The Bertz CT molecular complexity index is 783. The number of rotatable bonds is 4. The SMILES string of the molecule is COc1ccc(O)c(NC(=S)NC(=O)c2cc(Cl)ccc2OC)c1. The lowest BCUT2D eigenvalue weighted by Gasteiger charge is -2.13. The summed E-state index contributed by atoms with van der Waals surface area (Å²) in [5.74, 6) is 0.367. The fraction of sp³-hybridized carbons (Fsp3) is 0.125. The van der Waals surface area contributed by atoms with Gasteiger partial charge in [0.05, 0.1) is 25.5 Å². The molecule has 0 atom stereocenters. The van der Waals surface area contributed by atoms with Crippen LogP contribution >= 0.6 is 23.8 Å². The Balaban J connectivity index is 2.13. The zero-order chi connectivity index (χ0) is 17.7. The lowest BCUT2D eigenvalue weighted by Crippen LogP contribution is -2.34. The molecule has 0 fully saturated rings. The number of halogens is 1. The smallest absolute Gasteiger partial charge is 0.261 e. The fourth-order valence-corrected chi connectivity index (χ4v) is 2.30. The summed E-state index contributed by atoms with van der Waals surface area (Å²) in [6.07, 6.45) is 0. The van der Waals surface area contributed by atoms with E-state index >= 15 is 0 Å². The molecule has 0 radical (unpaired) electrons. The number of phenols is 1. The van der Waals surface area contributed by atoms with Crippen molar-refractivity contribution in [2.24, 2.45) is 0 Å². The van der Waals surface area contributed by atoms with Crippen LogP contribution in [0, 0.1) is 0 Å². The first kappa shape index (κ1) is 17.8. The van der Waals surface area contributed by atoms with E-state index in [9.17, 15) is 9.90 Å². The summed E-state index contributed by atoms with van der Waals surface area (Å²) in [7, 11) is 2.95. The quantitative estimate of drug-likeness (QED) is 0.569. The Morgan fingerprint density at radius 2 is 1.92 bits per heavy atom. The first-order valence-electron chi connectivity index (χ1n) is 6.77.